The Hall–Kier alpha value is -1.98. The predicted octanol–water partition coefficient (Wildman–Crippen LogP) is -0.341. The van der Waals surface area contributed by atoms with Gasteiger partial charge in [0.25, 0.3) is 5.56 Å². The molecule has 0 unspecified atom stereocenters. The summed E-state index contributed by atoms with van der Waals surface area (Å²) in [4.78, 5) is 21.4. The molecule has 0 bridgehead atoms. The Morgan fingerprint density at radius 2 is 2.38 bits per heavy atom. The van der Waals surface area contributed by atoms with Crippen LogP contribution in [-0.4, -0.2) is 24.7 Å². The molecule has 2 rings (SSSR count). The fourth-order valence-corrected chi connectivity index (χ4v) is 1.01. The van der Waals surface area contributed by atoms with Crippen LogP contribution in [0.2, 0.25) is 0 Å². The Labute approximate surface area is 73.3 Å². The van der Waals surface area contributed by atoms with Crippen molar-refractivity contribution in [1.82, 2.24) is 24.7 Å². The Balaban J connectivity index is 2.59. The second kappa shape index (κ2) is 2.81. The summed E-state index contributed by atoms with van der Waals surface area (Å²) in [7, 11) is 0. The summed E-state index contributed by atoms with van der Waals surface area (Å²) < 4.78 is 1.43. The lowest BCUT2D eigenvalue weighted by atomic mass is 10.5. The van der Waals surface area contributed by atoms with Gasteiger partial charge in [0, 0.05) is 6.07 Å². The fourth-order valence-electron chi connectivity index (χ4n) is 1.01. The van der Waals surface area contributed by atoms with Crippen LogP contribution in [0.5, 0.6) is 0 Å². The lowest BCUT2D eigenvalue weighted by Gasteiger charge is -1.98. The molecule has 1 N–H and O–H groups in total. The second-order valence-electron chi connectivity index (χ2n) is 2.53. The number of hydrogen-bond donors (Lipinski definition) is 1. The van der Waals surface area contributed by atoms with Crippen LogP contribution in [0.15, 0.2) is 23.5 Å². The van der Waals surface area contributed by atoms with Crippen LogP contribution in [0.1, 0.15) is 5.82 Å². The Bertz CT molecular complexity index is 458. The summed E-state index contributed by atoms with van der Waals surface area (Å²) in [5, 5.41) is 3.86. The largest absolute Gasteiger partial charge is 0.311 e. The molecular formula is C7H7N5O. The van der Waals surface area contributed by atoms with Crippen molar-refractivity contribution in [1.29, 1.82) is 0 Å². The van der Waals surface area contributed by atoms with Gasteiger partial charge in [-0.2, -0.15) is 5.10 Å². The Kier molecular flexibility index (Phi) is 1.66. The van der Waals surface area contributed by atoms with Crippen LogP contribution < -0.4 is 5.56 Å². The van der Waals surface area contributed by atoms with E-state index in [-0.39, 0.29) is 5.56 Å². The molecule has 2 aromatic heterocycles. The van der Waals surface area contributed by atoms with Crippen LogP contribution in [-0.2, 0) is 0 Å². The molecule has 13 heavy (non-hydrogen) atoms. The van der Waals surface area contributed by atoms with Crippen LogP contribution in [0.3, 0.4) is 0 Å². The number of aryl methyl sites for hydroxylation is 1. The second-order valence-corrected chi connectivity index (χ2v) is 2.53. The van der Waals surface area contributed by atoms with E-state index in [9.17, 15) is 4.79 Å². The first-order valence-electron chi connectivity index (χ1n) is 3.69. The number of nitrogens with one attached hydrogen (secondary N) is 1. The maximum atomic E-state index is 11.0. The highest BCUT2D eigenvalue weighted by Crippen LogP contribution is 1.95. The Morgan fingerprint density at radius 3 is 3.00 bits per heavy atom. The zero-order valence-corrected chi connectivity index (χ0v) is 6.93. The van der Waals surface area contributed by atoms with Gasteiger partial charge in [-0.25, -0.2) is 14.6 Å². The first kappa shape index (κ1) is 7.66. The molecule has 0 saturated heterocycles. The van der Waals surface area contributed by atoms with Crippen molar-refractivity contribution in [2.24, 2.45) is 0 Å². The molecule has 6 nitrogen and oxygen atoms in total. The standard InChI is InChI=1S/C7H7N5O/c1-5-10-6(2-7(13)11-5)12-4-8-3-9-12/h2-4H,1H3,(H,10,11,13). The van der Waals surface area contributed by atoms with Gasteiger partial charge in [-0.3, -0.25) is 4.79 Å². The number of rotatable bonds is 1. The van der Waals surface area contributed by atoms with Gasteiger partial charge in [-0.1, -0.05) is 0 Å². The number of hydrogen-bond acceptors (Lipinski definition) is 4. The lowest BCUT2D eigenvalue weighted by molar-refractivity contribution is 0.821. The van der Waals surface area contributed by atoms with Crippen molar-refractivity contribution in [3.8, 4) is 5.82 Å². The number of nitrogens with zero attached hydrogens (tertiary/aromatic N) is 4. The summed E-state index contributed by atoms with van der Waals surface area (Å²) in [6.45, 7) is 1.71. The summed E-state index contributed by atoms with van der Waals surface area (Å²) >= 11 is 0. The molecule has 0 aromatic carbocycles. The summed E-state index contributed by atoms with van der Waals surface area (Å²) in [5.74, 6) is 1.02. The third-order valence-corrected chi connectivity index (χ3v) is 1.50. The summed E-state index contributed by atoms with van der Waals surface area (Å²) in [5.41, 5.74) is -0.196. The molecule has 6 heteroatoms. The van der Waals surface area contributed by atoms with Crippen LogP contribution in [0.4, 0.5) is 0 Å². The number of H-pyrrole nitrogens is 1. The van der Waals surface area contributed by atoms with Gasteiger partial charge in [0.05, 0.1) is 0 Å². The average molecular weight is 177 g/mol. The minimum Gasteiger partial charge on any atom is -0.311 e. The van der Waals surface area contributed by atoms with Crippen molar-refractivity contribution >= 4 is 0 Å². The maximum absolute atomic E-state index is 11.0. The molecule has 0 atom stereocenters. The van der Waals surface area contributed by atoms with E-state index in [0.29, 0.717) is 11.6 Å². The van der Waals surface area contributed by atoms with Crippen molar-refractivity contribution in [2.75, 3.05) is 0 Å². The highest BCUT2D eigenvalue weighted by molar-refractivity contribution is 5.17. The molecule has 0 saturated carbocycles. The van der Waals surface area contributed by atoms with E-state index >= 15 is 0 Å². The third-order valence-electron chi connectivity index (χ3n) is 1.50. The van der Waals surface area contributed by atoms with Crippen LogP contribution >= 0.6 is 0 Å². The molecule has 0 aliphatic carbocycles. The van der Waals surface area contributed by atoms with Gasteiger partial charge in [0.15, 0.2) is 5.82 Å². The van der Waals surface area contributed by atoms with Crippen LogP contribution in [0.25, 0.3) is 5.82 Å². The predicted molar refractivity (Wildman–Crippen MR) is 44.5 cm³/mol. The molecule has 0 aliphatic rings. The SMILES string of the molecule is Cc1nc(-n2cncn2)cc(=O)[nH]1. The Morgan fingerprint density at radius 1 is 1.54 bits per heavy atom. The topological polar surface area (TPSA) is 76.5 Å². The van der Waals surface area contributed by atoms with Crippen molar-refractivity contribution < 1.29 is 0 Å². The zero-order valence-electron chi connectivity index (χ0n) is 6.93. The van der Waals surface area contributed by atoms with E-state index in [2.05, 4.69) is 20.1 Å². The van der Waals surface area contributed by atoms with Gasteiger partial charge < -0.3 is 4.98 Å². The third kappa shape index (κ3) is 1.46. The van der Waals surface area contributed by atoms with Crippen molar-refractivity contribution in [3.05, 3.63) is 34.9 Å². The molecule has 0 aliphatic heterocycles. The van der Waals surface area contributed by atoms with Crippen molar-refractivity contribution in [3.63, 3.8) is 0 Å². The van der Waals surface area contributed by atoms with E-state index in [0.717, 1.165) is 0 Å². The average Bonchev–Trinajstić information content (AvgIpc) is 2.53. The van der Waals surface area contributed by atoms with Crippen molar-refractivity contribution in [2.45, 2.75) is 6.92 Å². The molecule has 0 fully saturated rings. The lowest BCUT2D eigenvalue weighted by Crippen LogP contribution is -2.12. The van der Waals surface area contributed by atoms with E-state index in [1.165, 1.54) is 23.4 Å². The molecule has 0 radical (unpaired) electrons. The van der Waals surface area contributed by atoms with E-state index in [1.54, 1.807) is 6.92 Å². The summed E-state index contributed by atoms with van der Waals surface area (Å²) in [6.07, 6.45) is 2.87. The minimum atomic E-state index is -0.196. The van der Waals surface area contributed by atoms with Gasteiger partial charge in [0.1, 0.15) is 18.5 Å². The zero-order chi connectivity index (χ0) is 9.26. The first-order valence-corrected chi connectivity index (χ1v) is 3.69. The highest BCUT2D eigenvalue weighted by Gasteiger charge is 1.99. The molecule has 2 heterocycles. The van der Waals surface area contributed by atoms with Gasteiger partial charge in [0.2, 0.25) is 0 Å². The molecule has 2 aromatic rings. The molecule has 0 spiro atoms. The smallest absolute Gasteiger partial charge is 0.253 e. The van der Waals surface area contributed by atoms with E-state index < -0.39 is 0 Å². The highest BCUT2D eigenvalue weighted by atomic mass is 16.1. The van der Waals surface area contributed by atoms with Crippen LogP contribution in [0, 0.1) is 6.92 Å². The fraction of sp³-hybridized carbons (Fsp3) is 0.143. The summed E-state index contributed by atoms with van der Waals surface area (Å²) in [6, 6.07) is 1.36. The number of aromatic amines is 1. The van der Waals surface area contributed by atoms with Gasteiger partial charge in [-0.15, -0.1) is 0 Å². The van der Waals surface area contributed by atoms with Gasteiger partial charge >= 0.3 is 0 Å². The first-order chi connectivity index (χ1) is 6.25. The van der Waals surface area contributed by atoms with Gasteiger partial charge in [-0.05, 0) is 6.92 Å². The number of aromatic nitrogens is 5. The molecule has 66 valence electrons. The minimum absolute atomic E-state index is 0.196. The maximum Gasteiger partial charge on any atom is 0.253 e. The van der Waals surface area contributed by atoms with E-state index in [1.807, 2.05) is 0 Å². The molecular weight excluding hydrogens is 170 g/mol. The molecule has 0 amide bonds. The van der Waals surface area contributed by atoms with E-state index in [4.69, 9.17) is 0 Å². The quantitative estimate of drug-likeness (QED) is 0.646. The monoisotopic (exact) mass is 177 g/mol. The normalized spacial score (nSPS) is 10.2.